The molecule has 23 heavy (non-hydrogen) atoms. The average molecular weight is 360 g/mol. The van der Waals surface area contributed by atoms with Crippen LogP contribution < -0.4 is 0 Å². The Morgan fingerprint density at radius 2 is 2.26 bits per heavy atom. The molecule has 1 N–H and O–H groups in total. The summed E-state index contributed by atoms with van der Waals surface area (Å²) in [4.78, 5) is 17.6. The van der Waals surface area contributed by atoms with Gasteiger partial charge in [0.25, 0.3) is 0 Å². The Bertz CT molecular complexity index is 488. The van der Waals surface area contributed by atoms with Crippen molar-refractivity contribution in [1.29, 1.82) is 0 Å². The summed E-state index contributed by atoms with van der Waals surface area (Å²) in [5.74, 6) is 1.38. The maximum absolute atomic E-state index is 12.4. The number of carbonyl (C=O) groups excluding carboxylic acids is 1. The highest BCUT2D eigenvalue weighted by atomic mass is 35.5. The summed E-state index contributed by atoms with van der Waals surface area (Å²) < 4.78 is 0. The van der Waals surface area contributed by atoms with Crippen LogP contribution in [0.15, 0.2) is 28.1 Å². The Hall–Kier alpha value is -0.940. The molecule has 1 aliphatic carbocycles. The summed E-state index contributed by atoms with van der Waals surface area (Å²) in [6.45, 7) is 6.43. The lowest BCUT2D eigenvalue weighted by molar-refractivity contribution is -0.116. The van der Waals surface area contributed by atoms with Gasteiger partial charge in [-0.05, 0) is 30.6 Å². The molecule has 0 heterocycles. The predicted octanol–water partition coefficient (Wildman–Crippen LogP) is 4.84. The van der Waals surface area contributed by atoms with Crippen molar-refractivity contribution < 1.29 is 14.7 Å². The van der Waals surface area contributed by atoms with Crippen molar-refractivity contribution in [2.24, 2.45) is 11.1 Å². The summed E-state index contributed by atoms with van der Waals surface area (Å²) in [7, 11) is 0. The lowest BCUT2D eigenvalue weighted by atomic mass is 9.82. The maximum Gasteiger partial charge on any atom is 0.168 e. The fraction of sp³-hybridized carbons (Fsp3) is 0.647. The van der Waals surface area contributed by atoms with Crippen LogP contribution >= 0.6 is 23.4 Å². The highest BCUT2D eigenvalue weighted by Crippen LogP contribution is 2.32. The molecule has 2 unspecified atom stereocenters. The number of allylic oxidation sites excluding steroid dienone is 2. The molecule has 2 atom stereocenters. The van der Waals surface area contributed by atoms with Crippen molar-refractivity contribution in [1.82, 2.24) is 0 Å². The first-order valence-electron chi connectivity index (χ1n) is 8.04. The second-order valence-corrected chi connectivity index (χ2v) is 7.54. The van der Waals surface area contributed by atoms with Gasteiger partial charge in [0.2, 0.25) is 0 Å². The van der Waals surface area contributed by atoms with Gasteiger partial charge in [0.1, 0.15) is 12.4 Å². The fourth-order valence-corrected chi connectivity index (χ4v) is 3.82. The fourth-order valence-electron chi connectivity index (χ4n) is 2.77. The van der Waals surface area contributed by atoms with Crippen LogP contribution in [0.2, 0.25) is 0 Å². The van der Waals surface area contributed by atoms with Gasteiger partial charge >= 0.3 is 0 Å². The molecule has 130 valence electrons. The molecule has 0 aliphatic heterocycles. The quantitative estimate of drug-likeness (QED) is 0.363. The lowest BCUT2D eigenvalue weighted by Gasteiger charge is -2.25. The van der Waals surface area contributed by atoms with Crippen molar-refractivity contribution in [2.75, 3.05) is 12.4 Å². The number of oxime groups is 1. The zero-order chi connectivity index (χ0) is 17.2. The van der Waals surface area contributed by atoms with Crippen molar-refractivity contribution in [3.05, 3.63) is 22.9 Å². The molecule has 6 heteroatoms. The van der Waals surface area contributed by atoms with E-state index in [4.69, 9.17) is 16.4 Å². The van der Waals surface area contributed by atoms with E-state index in [-0.39, 0.29) is 24.1 Å². The maximum atomic E-state index is 12.4. The smallest absolute Gasteiger partial charge is 0.168 e. The van der Waals surface area contributed by atoms with Crippen molar-refractivity contribution in [3.63, 3.8) is 0 Å². The number of rotatable bonds is 9. The minimum Gasteiger partial charge on any atom is -0.511 e. The van der Waals surface area contributed by atoms with E-state index in [1.807, 2.05) is 18.7 Å². The first kappa shape index (κ1) is 20.1. The van der Waals surface area contributed by atoms with Crippen molar-refractivity contribution in [3.8, 4) is 0 Å². The molecule has 0 fully saturated rings. The van der Waals surface area contributed by atoms with Crippen LogP contribution in [0.4, 0.5) is 0 Å². The number of Topliss-reactive ketones (excluding diaryl/α,β-unsaturated/α-hetero) is 1. The molecule has 0 aromatic heterocycles. The first-order chi connectivity index (χ1) is 11.0. The van der Waals surface area contributed by atoms with E-state index in [0.717, 1.165) is 12.2 Å². The Balaban J connectivity index is 2.79. The van der Waals surface area contributed by atoms with Crippen LogP contribution in [0.1, 0.15) is 46.5 Å². The normalized spacial score (nSPS) is 21.1. The molecule has 0 bridgehead atoms. The molecule has 0 saturated heterocycles. The standard InChI is InChI=1S/C17H26ClNO3S/c1-4-14(19-22-8-6-7-18)17-15(20)10-13(11-16(17)21)9-12(3)23-5-2/h6-7,12-13,20H,4-5,8-11H2,1-3H3/b7-6+,19-14-. The molecule has 0 aromatic rings. The number of aliphatic hydroxyl groups excluding tert-OH is 1. The van der Waals surface area contributed by atoms with Crippen LogP contribution in [-0.2, 0) is 9.63 Å². The van der Waals surface area contributed by atoms with Gasteiger partial charge in [-0.1, -0.05) is 37.5 Å². The Morgan fingerprint density at radius 1 is 1.52 bits per heavy atom. The highest BCUT2D eigenvalue weighted by molar-refractivity contribution is 7.99. The van der Waals surface area contributed by atoms with Crippen LogP contribution in [0, 0.1) is 5.92 Å². The Morgan fingerprint density at radius 3 is 2.83 bits per heavy atom. The van der Waals surface area contributed by atoms with E-state index in [1.54, 1.807) is 6.08 Å². The molecule has 0 radical (unpaired) electrons. The van der Waals surface area contributed by atoms with Crippen LogP contribution in [0.3, 0.4) is 0 Å². The minimum atomic E-state index is -0.0375. The summed E-state index contributed by atoms with van der Waals surface area (Å²) in [6, 6.07) is 0. The Kier molecular flexibility index (Phi) is 9.41. The number of nitrogens with zero attached hydrogens (tertiary/aromatic N) is 1. The Labute approximate surface area is 148 Å². The van der Waals surface area contributed by atoms with Gasteiger partial charge in [-0.25, -0.2) is 0 Å². The second kappa shape index (κ2) is 10.8. The predicted molar refractivity (Wildman–Crippen MR) is 98.3 cm³/mol. The molecule has 0 amide bonds. The summed E-state index contributed by atoms with van der Waals surface area (Å²) in [6.07, 6.45) is 4.09. The third kappa shape index (κ3) is 6.60. The van der Waals surface area contributed by atoms with E-state index < -0.39 is 0 Å². The average Bonchev–Trinajstić information content (AvgIpc) is 2.49. The summed E-state index contributed by atoms with van der Waals surface area (Å²) in [5, 5.41) is 14.8. The van der Waals surface area contributed by atoms with Gasteiger partial charge in [-0.3, -0.25) is 4.79 Å². The van der Waals surface area contributed by atoms with E-state index >= 15 is 0 Å². The number of thioether (sulfide) groups is 1. The third-order valence-electron chi connectivity index (χ3n) is 3.70. The van der Waals surface area contributed by atoms with Gasteiger partial charge < -0.3 is 9.94 Å². The number of carbonyl (C=O) groups is 1. The number of hydrogen-bond acceptors (Lipinski definition) is 5. The number of aliphatic hydroxyl groups is 1. The van der Waals surface area contributed by atoms with Crippen molar-refractivity contribution >= 4 is 34.9 Å². The molecule has 0 aromatic carbocycles. The van der Waals surface area contributed by atoms with E-state index in [0.29, 0.717) is 35.8 Å². The molecule has 0 spiro atoms. The first-order valence-corrected chi connectivity index (χ1v) is 9.53. The lowest BCUT2D eigenvalue weighted by Crippen LogP contribution is -2.26. The van der Waals surface area contributed by atoms with Crippen LogP contribution in [0.5, 0.6) is 0 Å². The number of hydrogen-bond donors (Lipinski definition) is 1. The van der Waals surface area contributed by atoms with E-state index in [2.05, 4.69) is 19.0 Å². The molecule has 1 rings (SSSR count). The SMILES string of the molecule is CCSC(C)CC1CC(=O)C(/C(CC)=N\OC/C=C/Cl)=C(O)C1. The minimum absolute atomic E-state index is 0.0375. The van der Waals surface area contributed by atoms with Crippen molar-refractivity contribution in [2.45, 2.75) is 51.7 Å². The summed E-state index contributed by atoms with van der Waals surface area (Å²) >= 11 is 7.30. The molecular formula is C17H26ClNO3S. The van der Waals surface area contributed by atoms with Gasteiger partial charge in [-0.2, -0.15) is 11.8 Å². The number of ketones is 1. The van der Waals surface area contributed by atoms with Gasteiger partial charge in [0, 0.05) is 23.6 Å². The third-order valence-corrected chi connectivity index (χ3v) is 4.97. The van der Waals surface area contributed by atoms with Gasteiger partial charge in [-0.15, -0.1) is 0 Å². The zero-order valence-corrected chi connectivity index (χ0v) is 15.6. The van der Waals surface area contributed by atoms with Crippen LogP contribution in [0.25, 0.3) is 0 Å². The number of halogens is 1. The zero-order valence-electron chi connectivity index (χ0n) is 14.0. The summed E-state index contributed by atoms with van der Waals surface area (Å²) in [5.41, 5.74) is 2.20. The van der Waals surface area contributed by atoms with Gasteiger partial charge in [0.05, 0.1) is 11.3 Å². The van der Waals surface area contributed by atoms with Gasteiger partial charge in [0.15, 0.2) is 5.78 Å². The largest absolute Gasteiger partial charge is 0.511 e. The molecule has 0 saturated carbocycles. The highest BCUT2D eigenvalue weighted by Gasteiger charge is 2.31. The topological polar surface area (TPSA) is 58.9 Å². The molecule has 4 nitrogen and oxygen atoms in total. The van der Waals surface area contributed by atoms with E-state index in [1.165, 1.54) is 5.54 Å². The molecular weight excluding hydrogens is 334 g/mol. The second-order valence-electron chi connectivity index (χ2n) is 5.57. The monoisotopic (exact) mass is 359 g/mol. The molecule has 1 aliphatic rings. The van der Waals surface area contributed by atoms with E-state index in [9.17, 15) is 9.90 Å². The van der Waals surface area contributed by atoms with Crippen LogP contribution in [-0.4, -0.2) is 34.2 Å².